The van der Waals surface area contributed by atoms with Gasteiger partial charge in [-0.05, 0) is 49.6 Å². The molecule has 10 heteroatoms. The van der Waals surface area contributed by atoms with Gasteiger partial charge in [-0.3, -0.25) is 9.55 Å². The van der Waals surface area contributed by atoms with Crippen LogP contribution in [0.4, 0.5) is 15.0 Å². The van der Waals surface area contributed by atoms with Gasteiger partial charge in [-0.2, -0.15) is 10.2 Å². The smallest absolute Gasteiger partial charge is 0.407 e. The van der Waals surface area contributed by atoms with Crippen LogP contribution in [0.15, 0.2) is 53.5 Å². The van der Waals surface area contributed by atoms with Crippen LogP contribution in [0.3, 0.4) is 0 Å². The van der Waals surface area contributed by atoms with Gasteiger partial charge in [0.25, 0.3) is 0 Å². The van der Waals surface area contributed by atoms with Crippen molar-refractivity contribution in [1.82, 2.24) is 19.4 Å². The summed E-state index contributed by atoms with van der Waals surface area (Å²) in [4.78, 5) is 37.8. The van der Waals surface area contributed by atoms with E-state index in [1.807, 2.05) is 38.7 Å². The largest absolute Gasteiger partial charge is 0.465 e. The molecular weight excluding hydrogens is 511 g/mol. The van der Waals surface area contributed by atoms with Gasteiger partial charge in [-0.15, -0.1) is 0 Å². The Morgan fingerprint density at radius 2 is 1.93 bits per heavy atom. The van der Waals surface area contributed by atoms with Gasteiger partial charge >= 0.3 is 11.8 Å². The molecule has 0 aliphatic carbocycles. The third-order valence-electron chi connectivity index (χ3n) is 7.39. The lowest BCUT2D eigenvalue weighted by Gasteiger charge is -2.39. The minimum absolute atomic E-state index is 0.00920. The number of aryl methyl sites for hydroxylation is 1. The molecule has 40 heavy (non-hydrogen) atoms. The SMILES string of the molecule is Cc1ccnc(C(C)C)c1-n1c(=O)nc(N2CCN(C(=O)O)CC2C)c2cc(C#N)c(-c3ccccc3F)cc21. The van der Waals surface area contributed by atoms with Gasteiger partial charge in [0, 0.05) is 48.4 Å². The Bertz CT molecular complexity index is 1740. The van der Waals surface area contributed by atoms with Gasteiger partial charge in [0.1, 0.15) is 11.6 Å². The van der Waals surface area contributed by atoms with Crippen LogP contribution >= 0.6 is 0 Å². The molecule has 2 aromatic carbocycles. The fourth-order valence-corrected chi connectivity index (χ4v) is 5.42. The van der Waals surface area contributed by atoms with Gasteiger partial charge in [0.05, 0.1) is 28.5 Å². The van der Waals surface area contributed by atoms with E-state index in [0.717, 1.165) is 5.56 Å². The highest BCUT2D eigenvalue weighted by Crippen LogP contribution is 2.36. The molecule has 9 nitrogen and oxygen atoms in total. The van der Waals surface area contributed by atoms with Crippen molar-refractivity contribution in [2.75, 3.05) is 24.5 Å². The van der Waals surface area contributed by atoms with E-state index >= 15 is 0 Å². The molecule has 0 radical (unpaired) electrons. The molecule has 4 aromatic rings. The Morgan fingerprint density at radius 1 is 1.18 bits per heavy atom. The van der Waals surface area contributed by atoms with Crippen molar-refractivity contribution in [3.05, 3.63) is 81.8 Å². The number of anilines is 1. The molecule has 3 heterocycles. The van der Waals surface area contributed by atoms with Crippen LogP contribution < -0.4 is 10.6 Å². The molecule has 1 unspecified atom stereocenters. The number of carboxylic acid groups (broad SMARTS) is 1. The maximum Gasteiger partial charge on any atom is 0.407 e. The molecule has 0 spiro atoms. The molecule has 0 saturated carbocycles. The number of nitrogens with zero attached hydrogens (tertiary/aromatic N) is 6. The highest BCUT2D eigenvalue weighted by Gasteiger charge is 2.30. The normalized spacial score (nSPS) is 15.5. The van der Waals surface area contributed by atoms with E-state index in [4.69, 9.17) is 0 Å². The van der Waals surface area contributed by atoms with E-state index in [0.29, 0.717) is 40.2 Å². The van der Waals surface area contributed by atoms with Gasteiger partial charge in [-0.1, -0.05) is 32.0 Å². The van der Waals surface area contributed by atoms with Crippen molar-refractivity contribution in [3.8, 4) is 22.9 Å². The summed E-state index contributed by atoms with van der Waals surface area (Å²) in [6.07, 6.45) is 0.694. The molecule has 0 bridgehead atoms. The van der Waals surface area contributed by atoms with Crippen LogP contribution in [-0.4, -0.2) is 56.3 Å². The molecule has 2 aromatic heterocycles. The molecule has 204 valence electrons. The topological polar surface area (TPSA) is 115 Å². The number of nitriles is 1. The van der Waals surface area contributed by atoms with Crippen molar-refractivity contribution >= 4 is 22.8 Å². The van der Waals surface area contributed by atoms with Crippen molar-refractivity contribution < 1.29 is 14.3 Å². The maximum atomic E-state index is 15.0. The zero-order valence-electron chi connectivity index (χ0n) is 22.7. The standard InChI is InChI=1S/C30H29FN6O3/c1-17(2)26-27(18(3)9-10-33-26)37-25-14-22(21-7-5-6-8-24(21)31)20(15-32)13-23(25)28(34-29(37)38)36-12-11-35(30(39)40)16-19(36)4/h5-10,13-14,17,19H,11-12,16H2,1-4H3,(H,39,40). The van der Waals surface area contributed by atoms with Crippen molar-refractivity contribution in [2.24, 2.45) is 0 Å². The van der Waals surface area contributed by atoms with Crippen LogP contribution in [0, 0.1) is 24.1 Å². The third kappa shape index (κ3) is 4.53. The molecule has 1 aliphatic heterocycles. The minimum Gasteiger partial charge on any atom is -0.465 e. The Kier molecular flexibility index (Phi) is 6.98. The summed E-state index contributed by atoms with van der Waals surface area (Å²) in [5.74, 6) is -0.136. The average molecular weight is 541 g/mol. The fourth-order valence-electron chi connectivity index (χ4n) is 5.42. The predicted molar refractivity (Wildman–Crippen MR) is 150 cm³/mol. The van der Waals surface area contributed by atoms with Crippen molar-refractivity contribution in [3.63, 3.8) is 0 Å². The van der Waals surface area contributed by atoms with Gasteiger partial charge in [-0.25, -0.2) is 14.0 Å². The number of carbonyl (C=O) groups is 1. The lowest BCUT2D eigenvalue weighted by Crippen LogP contribution is -2.54. The number of piperazine rings is 1. The number of halogens is 1. The first kappa shape index (κ1) is 26.8. The lowest BCUT2D eigenvalue weighted by molar-refractivity contribution is 0.136. The molecule has 1 atom stereocenters. The first-order valence-electron chi connectivity index (χ1n) is 13.1. The number of pyridine rings is 1. The van der Waals surface area contributed by atoms with E-state index in [1.54, 1.807) is 36.5 Å². The minimum atomic E-state index is -1.01. The number of hydrogen-bond acceptors (Lipinski definition) is 6. The summed E-state index contributed by atoms with van der Waals surface area (Å²) in [5, 5.41) is 20.1. The molecule has 1 aliphatic rings. The lowest BCUT2D eigenvalue weighted by atomic mass is 9.96. The van der Waals surface area contributed by atoms with E-state index in [9.17, 15) is 24.3 Å². The van der Waals surface area contributed by atoms with Gasteiger partial charge < -0.3 is 14.9 Å². The molecule has 1 saturated heterocycles. The number of fused-ring (bicyclic) bond motifs is 1. The quantitative estimate of drug-likeness (QED) is 0.384. The first-order valence-corrected chi connectivity index (χ1v) is 13.1. The second-order valence-electron chi connectivity index (χ2n) is 10.3. The van der Waals surface area contributed by atoms with Crippen LogP contribution in [0.25, 0.3) is 27.7 Å². The number of aromatic nitrogens is 3. The predicted octanol–water partition coefficient (Wildman–Crippen LogP) is 5.08. The number of hydrogen-bond donors (Lipinski definition) is 1. The van der Waals surface area contributed by atoms with Crippen molar-refractivity contribution in [2.45, 2.75) is 39.7 Å². The average Bonchev–Trinajstić information content (AvgIpc) is 2.92. The molecule has 1 N–H and O–H groups in total. The van der Waals surface area contributed by atoms with Crippen LogP contribution in [0.5, 0.6) is 0 Å². The van der Waals surface area contributed by atoms with E-state index in [-0.39, 0.29) is 36.2 Å². The molecule has 5 rings (SSSR count). The Balaban J connectivity index is 1.87. The molecular formula is C30H29FN6O3. The summed E-state index contributed by atoms with van der Waals surface area (Å²) < 4.78 is 16.5. The van der Waals surface area contributed by atoms with Gasteiger partial charge in [0.15, 0.2) is 0 Å². The Hall–Kier alpha value is -4.78. The summed E-state index contributed by atoms with van der Waals surface area (Å²) in [6, 6.07) is 13.3. The maximum absolute atomic E-state index is 15.0. The second kappa shape index (κ2) is 10.4. The van der Waals surface area contributed by atoms with Crippen molar-refractivity contribution in [1.29, 1.82) is 5.26 Å². The van der Waals surface area contributed by atoms with E-state index in [1.165, 1.54) is 15.5 Å². The number of benzene rings is 2. The number of rotatable bonds is 4. The van der Waals surface area contributed by atoms with Crippen LogP contribution in [0.2, 0.25) is 0 Å². The highest BCUT2D eigenvalue weighted by molar-refractivity contribution is 5.96. The second-order valence-corrected chi connectivity index (χ2v) is 10.3. The summed E-state index contributed by atoms with van der Waals surface area (Å²) >= 11 is 0. The Morgan fingerprint density at radius 3 is 2.58 bits per heavy atom. The van der Waals surface area contributed by atoms with Crippen LogP contribution in [-0.2, 0) is 0 Å². The third-order valence-corrected chi connectivity index (χ3v) is 7.39. The summed E-state index contributed by atoms with van der Waals surface area (Å²) in [7, 11) is 0. The fraction of sp³-hybridized carbons (Fsp3) is 0.300. The zero-order valence-corrected chi connectivity index (χ0v) is 22.7. The molecule has 1 fully saturated rings. The van der Waals surface area contributed by atoms with Gasteiger partial charge in [0.2, 0.25) is 0 Å². The first-order chi connectivity index (χ1) is 19.1. The van der Waals surface area contributed by atoms with Crippen LogP contribution in [0.1, 0.15) is 43.5 Å². The summed E-state index contributed by atoms with van der Waals surface area (Å²) in [6.45, 7) is 8.53. The van der Waals surface area contributed by atoms with E-state index < -0.39 is 17.6 Å². The molecule has 1 amide bonds. The Labute approximate surface area is 230 Å². The summed E-state index contributed by atoms with van der Waals surface area (Å²) in [5.41, 5.74) is 2.86. The monoisotopic (exact) mass is 540 g/mol. The highest BCUT2D eigenvalue weighted by atomic mass is 19.1. The number of amides is 1. The zero-order chi connectivity index (χ0) is 28.7. The van der Waals surface area contributed by atoms with E-state index in [2.05, 4.69) is 16.0 Å².